The molecule has 4 rings (SSSR count). The van der Waals surface area contributed by atoms with Crippen LogP contribution in [0.25, 0.3) is 10.8 Å². The molecular formula is C20H24N2O3S. The van der Waals surface area contributed by atoms with Crippen LogP contribution in [0.3, 0.4) is 0 Å². The van der Waals surface area contributed by atoms with Gasteiger partial charge in [0.25, 0.3) is 0 Å². The molecule has 6 heteroatoms. The maximum atomic E-state index is 12.6. The summed E-state index contributed by atoms with van der Waals surface area (Å²) in [6.45, 7) is -0.180. The molecule has 2 aliphatic rings. The first-order valence-electron chi connectivity index (χ1n) is 9.16. The number of benzene rings is 2. The second-order valence-corrected chi connectivity index (χ2v) is 9.52. The quantitative estimate of drug-likeness (QED) is 0.878. The molecule has 0 aromatic heterocycles. The molecule has 2 aromatic carbocycles. The van der Waals surface area contributed by atoms with E-state index in [9.17, 15) is 13.2 Å². The van der Waals surface area contributed by atoms with E-state index in [0.717, 1.165) is 29.4 Å². The summed E-state index contributed by atoms with van der Waals surface area (Å²) in [6, 6.07) is 13.3. The Morgan fingerprint density at radius 1 is 1.12 bits per heavy atom. The summed E-state index contributed by atoms with van der Waals surface area (Å²) < 4.78 is 26.1. The summed E-state index contributed by atoms with van der Waals surface area (Å²) in [6.07, 6.45) is 5.82. The molecule has 0 saturated heterocycles. The van der Waals surface area contributed by atoms with Crippen molar-refractivity contribution in [2.24, 2.45) is 11.8 Å². The number of amides is 1. The molecule has 0 radical (unpaired) electrons. The van der Waals surface area contributed by atoms with Gasteiger partial charge in [0.1, 0.15) is 6.54 Å². The second kappa shape index (κ2) is 6.58. The molecule has 5 nitrogen and oxygen atoms in total. The molecule has 2 fully saturated rings. The van der Waals surface area contributed by atoms with Crippen molar-refractivity contribution in [1.29, 1.82) is 0 Å². The molecule has 0 heterocycles. The first-order valence-corrected chi connectivity index (χ1v) is 11.0. The Balaban J connectivity index is 1.58. The Morgan fingerprint density at radius 2 is 1.88 bits per heavy atom. The van der Waals surface area contributed by atoms with Gasteiger partial charge in [-0.05, 0) is 42.6 Å². The molecule has 0 unspecified atom stereocenters. The molecular weight excluding hydrogens is 348 g/mol. The van der Waals surface area contributed by atoms with Crippen molar-refractivity contribution in [3.8, 4) is 0 Å². The number of carbonyl (C=O) groups excluding carboxylic acids is 1. The number of sulfonamides is 1. The maximum Gasteiger partial charge on any atom is 0.241 e. The molecule has 2 saturated carbocycles. The Kier molecular flexibility index (Phi) is 4.39. The standard InChI is InChI=1S/C20H24N2O3S/c1-26(24,25)22(19-8-4-6-15-5-2-3-7-17(15)19)13-20(23)21-18-12-14-9-10-16(18)11-14/h2-8,14,16,18H,9-13H2,1H3,(H,21,23)/t14-,16+,18+/m0/s1. The van der Waals surface area contributed by atoms with E-state index >= 15 is 0 Å². The highest BCUT2D eigenvalue weighted by Crippen LogP contribution is 2.44. The fourth-order valence-corrected chi connectivity index (χ4v) is 5.48. The van der Waals surface area contributed by atoms with E-state index in [4.69, 9.17) is 0 Å². The van der Waals surface area contributed by atoms with Gasteiger partial charge in [-0.2, -0.15) is 0 Å². The number of fused-ring (bicyclic) bond motifs is 3. The zero-order chi connectivity index (χ0) is 18.3. The molecule has 2 bridgehead atoms. The van der Waals surface area contributed by atoms with Crippen molar-refractivity contribution in [2.75, 3.05) is 17.1 Å². The van der Waals surface area contributed by atoms with Crippen molar-refractivity contribution in [3.05, 3.63) is 42.5 Å². The van der Waals surface area contributed by atoms with E-state index in [1.807, 2.05) is 36.4 Å². The summed E-state index contributed by atoms with van der Waals surface area (Å²) >= 11 is 0. The van der Waals surface area contributed by atoms with Gasteiger partial charge in [-0.25, -0.2) is 8.42 Å². The van der Waals surface area contributed by atoms with Crippen LogP contribution in [-0.2, 0) is 14.8 Å². The van der Waals surface area contributed by atoms with Gasteiger partial charge in [-0.1, -0.05) is 42.8 Å². The number of nitrogens with zero attached hydrogens (tertiary/aromatic N) is 1. The third kappa shape index (κ3) is 3.30. The van der Waals surface area contributed by atoms with Gasteiger partial charge in [-0.15, -0.1) is 0 Å². The van der Waals surface area contributed by atoms with E-state index in [2.05, 4.69) is 5.32 Å². The van der Waals surface area contributed by atoms with E-state index in [0.29, 0.717) is 11.6 Å². The van der Waals surface area contributed by atoms with Crippen LogP contribution in [0.4, 0.5) is 5.69 Å². The molecule has 1 amide bonds. The Hall–Kier alpha value is -2.08. The summed E-state index contributed by atoms with van der Waals surface area (Å²) in [5.74, 6) is 1.07. The van der Waals surface area contributed by atoms with Crippen LogP contribution in [0.1, 0.15) is 25.7 Å². The number of nitrogens with one attached hydrogen (secondary N) is 1. The Labute approximate surface area is 154 Å². The number of rotatable bonds is 5. The summed E-state index contributed by atoms with van der Waals surface area (Å²) in [4.78, 5) is 12.6. The molecule has 138 valence electrons. The largest absolute Gasteiger partial charge is 0.352 e. The first-order chi connectivity index (χ1) is 12.4. The van der Waals surface area contributed by atoms with Gasteiger partial charge in [0.05, 0.1) is 11.9 Å². The van der Waals surface area contributed by atoms with Crippen LogP contribution in [0.5, 0.6) is 0 Å². The number of hydrogen-bond donors (Lipinski definition) is 1. The monoisotopic (exact) mass is 372 g/mol. The molecule has 0 aliphatic heterocycles. The predicted molar refractivity (Wildman–Crippen MR) is 104 cm³/mol. The smallest absolute Gasteiger partial charge is 0.241 e. The number of anilines is 1. The lowest BCUT2D eigenvalue weighted by atomic mass is 9.95. The highest BCUT2D eigenvalue weighted by atomic mass is 32.2. The molecule has 26 heavy (non-hydrogen) atoms. The number of carbonyl (C=O) groups is 1. The van der Waals surface area contributed by atoms with E-state index in [1.54, 1.807) is 6.07 Å². The van der Waals surface area contributed by atoms with Gasteiger partial charge >= 0.3 is 0 Å². The molecule has 2 aromatic rings. The zero-order valence-electron chi connectivity index (χ0n) is 14.9. The van der Waals surface area contributed by atoms with Gasteiger partial charge < -0.3 is 5.32 Å². The average molecular weight is 372 g/mol. The van der Waals surface area contributed by atoms with Crippen LogP contribution in [-0.4, -0.2) is 33.2 Å². The minimum atomic E-state index is -3.58. The fraction of sp³-hybridized carbons (Fsp3) is 0.450. The van der Waals surface area contributed by atoms with Crippen LogP contribution in [0.15, 0.2) is 42.5 Å². The first kappa shape index (κ1) is 17.3. The fourth-order valence-electron chi connectivity index (χ4n) is 4.61. The minimum Gasteiger partial charge on any atom is -0.352 e. The van der Waals surface area contributed by atoms with Crippen molar-refractivity contribution >= 4 is 32.4 Å². The summed E-state index contributed by atoms with van der Waals surface area (Å²) in [5.41, 5.74) is 0.550. The lowest BCUT2D eigenvalue weighted by Crippen LogP contribution is -2.45. The molecule has 3 atom stereocenters. The third-order valence-electron chi connectivity index (χ3n) is 5.81. The van der Waals surface area contributed by atoms with Gasteiger partial charge in [0.2, 0.25) is 15.9 Å². The Bertz CT molecular complexity index is 936. The summed E-state index contributed by atoms with van der Waals surface area (Å²) in [7, 11) is -3.58. The number of hydrogen-bond acceptors (Lipinski definition) is 3. The predicted octanol–water partition coefficient (Wildman–Crippen LogP) is 2.91. The highest BCUT2D eigenvalue weighted by Gasteiger charge is 2.40. The van der Waals surface area contributed by atoms with Crippen molar-refractivity contribution in [2.45, 2.75) is 31.7 Å². The van der Waals surface area contributed by atoms with Crippen molar-refractivity contribution in [3.63, 3.8) is 0 Å². The van der Waals surface area contributed by atoms with Gasteiger partial charge in [-0.3, -0.25) is 9.10 Å². The molecule has 1 N–H and O–H groups in total. The second-order valence-electron chi connectivity index (χ2n) is 7.62. The minimum absolute atomic E-state index is 0.180. The van der Waals surface area contributed by atoms with Gasteiger partial charge in [0.15, 0.2) is 0 Å². The van der Waals surface area contributed by atoms with Gasteiger partial charge in [0, 0.05) is 11.4 Å². The lowest BCUT2D eigenvalue weighted by Gasteiger charge is -2.27. The third-order valence-corrected chi connectivity index (χ3v) is 6.93. The average Bonchev–Trinajstić information content (AvgIpc) is 3.21. The Morgan fingerprint density at radius 3 is 2.58 bits per heavy atom. The van der Waals surface area contributed by atoms with Crippen LogP contribution >= 0.6 is 0 Å². The summed E-state index contributed by atoms with van der Waals surface area (Å²) in [5, 5.41) is 4.86. The SMILES string of the molecule is CS(=O)(=O)N(CC(=O)N[C@@H]1C[C@H]2CC[C@@H]1C2)c1cccc2ccccc12. The normalized spacial score (nSPS) is 24.7. The molecule has 0 spiro atoms. The van der Waals surface area contributed by atoms with Crippen molar-refractivity contribution < 1.29 is 13.2 Å². The lowest BCUT2D eigenvalue weighted by molar-refractivity contribution is -0.120. The molecule has 2 aliphatic carbocycles. The zero-order valence-corrected chi connectivity index (χ0v) is 15.7. The van der Waals surface area contributed by atoms with E-state index in [-0.39, 0.29) is 18.5 Å². The van der Waals surface area contributed by atoms with E-state index < -0.39 is 10.0 Å². The van der Waals surface area contributed by atoms with Crippen molar-refractivity contribution in [1.82, 2.24) is 5.32 Å². The van der Waals surface area contributed by atoms with Crippen LogP contribution in [0, 0.1) is 11.8 Å². The van der Waals surface area contributed by atoms with Crippen LogP contribution in [0.2, 0.25) is 0 Å². The topological polar surface area (TPSA) is 66.5 Å². The maximum absolute atomic E-state index is 12.6. The highest BCUT2D eigenvalue weighted by molar-refractivity contribution is 7.92. The van der Waals surface area contributed by atoms with E-state index in [1.165, 1.54) is 23.6 Å². The van der Waals surface area contributed by atoms with Crippen LogP contribution < -0.4 is 9.62 Å².